The van der Waals surface area contributed by atoms with Crippen molar-refractivity contribution in [2.75, 3.05) is 37.7 Å². The Morgan fingerprint density at radius 1 is 1.35 bits per heavy atom. The van der Waals surface area contributed by atoms with Crippen molar-refractivity contribution in [2.45, 2.75) is 24.6 Å². The van der Waals surface area contributed by atoms with Gasteiger partial charge in [-0.3, -0.25) is 14.6 Å². The Bertz CT molecular complexity index is 662. The molecule has 0 unspecified atom stereocenters. The van der Waals surface area contributed by atoms with Crippen LogP contribution in [0.5, 0.6) is 0 Å². The number of nitrogens with zero attached hydrogens (tertiary/aromatic N) is 3. The van der Waals surface area contributed by atoms with Crippen LogP contribution in [0.25, 0.3) is 0 Å². The van der Waals surface area contributed by atoms with Crippen LogP contribution in [-0.2, 0) is 9.59 Å². The zero-order valence-corrected chi connectivity index (χ0v) is 14.1. The Labute approximate surface area is 148 Å². The first-order valence-electron chi connectivity index (χ1n) is 8.33. The van der Waals surface area contributed by atoms with Gasteiger partial charge in [0, 0.05) is 6.20 Å². The highest BCUT2D eigenvalue weighted by Gasteiger charge is 2.53. The van der Waals surface area contributed by atoms with Gasteiger partial charge in [0.1, 0.15) is 18.6 Å². The van der Waals surface area contributed by atoms with Crippen molar-refractivity contribution in [3.8, 4) is 0 Å². The summed E-state index contributed by atoms with van der Waals surface area (Å²) in [6.07, 6.45) is -0.103. The maximum Gasteiger partial charge on any atom is 0.405 e. The number of anilines is 1. The zero-order chi connectivity index (χ0) is 18.8. The molecule has 2 aliphatic heterocycles. The number of pyridine rings is 1. The first-order valence-corrected chi connectivity index (χ1v) is 8.33. The van der Waals surface area contributed by atoms with Gasteiger partial charge in [-0.25, -0.2) is 0 Å². The maximum atomic E-state index is 13.0. The number of aromatic nitrogens is 1. The van der Waals surface area contributed by atoms with Gasteiger partial charge >= 0.3 is 6.18 Å². The number of amides is 2. The fourth-order valence-electron chi connectivity index (χ4n) is 3.50. The van der Waals surface area contributed by atoms with Crippen LogP contribution >= 0.6 is 0 Å². The molecule has 142 valence electrons. The molecule has 10 heteroatoms. The van der Waals surface area contributed by atoms with Gasteiger partial charge in [-0.2, -0.15) is 13.2 Å². The topological polar surface area (TPSA) is 77.6 Å². The van der Waals surface area contributed by atoms with Gasteiger partial charge in [-0.1, -0.05) is 0 Å². The lowest BCUT2D eigenvalue weighted by atomic mass is 9.86. The molecule has 2 saturated heterocycles. The van der Waals surface area contributed by atoms with E-state index in [2.05, 4.69) is 10.3 Å². The number of hydrogen-bond acceptors (Lipinski definition) is 5. The number of carbonyl (C=O) groups is 2. The van der Waals surface area contributed by atoms with Gasteiger partial charge in [-0.15, -0.1) is 0 Å². The van der Waals surface area contributed by atoms with Crippen LogP contribution in [-0.4, -0.2) is 66.3 Å². The molecule has 0 saturated carbocycles. The minimum atomic E-state index is -4.48. The SMILES string of the molecule is O=C(CN1CN(c2cccnc2)C2(CCNCC2)C1=O)NCC(F)(F)F. The molecule has 26 heavy (non-hydrogen) atoms. The second-order valence-electron chi connectivity index (χ2n) is 6.46. The molecule has 3 rings (SSSR count). The Balaban J connectivity index is 1.77. The summed E-state index contributed by atoms with van der Waals surface area (Å²) in [5, 5.41) is 5.02. The Kier molecular flexibility index (Phi) is 5.03. The summed E-state index contributed by atoms with van der Waals surface area (Å²) in [4.78, 5) is 32.2. The predicted molar refractivity (Wildman–Crippen MR) is 87.2 cm³/mol. The van der Waals surface area contributed by atoms with Crippen LogP contribution in [0.15, 0.2) is 24.5 Å². The molecule has 0 atom stereocenters. The molecule has 1 aromatic heterocycles. The molecular formula is C16H20F3N5O2. The first kappa shape index (κ1) is 18.4. The third-order valence-electron chi connectivity index (χ3n) is 4.72. The minimum Gasteiger partial charge on any atom is -0.345 e. The van der Waals surface area contributed by atoms with Gasteiger partial charge in [0.2, 0.25) is 11.8 Å². The molecule has 2 aliphatic rings. The number of rotatable bonds is 4. The van der Waals surface area contributed by atoms with Crippen LogP contribution in [0.3, 0.4) is 0 Å². The molecule has 0 bridgehead atoms. The molecule has 0 radical (unpaired) electrons. The molecule has 2 amide bonds. The van der Waals surface area contributed by atoms with Gasteiger partial charge in [0.25, 0.3) is 0 Å². The Morgan fingerprint density at radius 2 is 2.08 bits per heavy atom. The van der Waals surface area contributed by atoms with E-state index in [1.165, 1.54) is 4.90 Å². The number of hydrogen-bond donors (Lipinski definition) is 2. The van der Waals surface area contributed by atoms with Crippen LogP contribution in [0.2, 0.25) is 0 Å². The molecule has 2 N–H and O–H groups in total. The molecule has 0 aromatic carbocycles. The minimum absolute atomic E-state index is 0.143. The molecule has 1 spiro atoms. The van der Waals surface area contributed by atoms with Crippen molar-refractivity contribution in [1.29, 1.82) is 0 Å². The Morgan fingerprint density at radius 3 is 2.69 bits per heavy atom. The lowest BCUT2D eigenvalue weighted by Crippen LogP contribution is -2.56. The van der Waals surface area contributed by atoms with Crippen molar-refractivity contribution in [3.05, 3.63) is 24.5 Å². The van der Waals surface area contributed by atoms with E-state index < -0.39 is 30.7 Å². The van der Waals surface area contributed by atoms with E-state index in [0.29, 0.717) is 25.9 Å². The third-order valence-corrected chi connectivity index (χ3v) is 4.72. The van der Waals surface area contributed by atoms with E-state index in [9.17, 15) is 22.8 Å². The first-order chi connectivity index (χ1) is 12.3. The van der Waals surface area contributed by atoms with Gasteiger partial charge in [0.15, 0.2) is 0 Å². The largest absolute Gasteiger partial charge is 0.405 e. The average Bonchev–Trinajstić information content (AvgIpc) is 2.87. The summed E-state index contributed by atoms with van der Waals surface area (Å²) < 4.78 is 36.8. The number of halogens is 3. The highest BCUT2D eigenvalue weighted by molar-refractivity contribution is 5.96. The maximum absolute atomic E-state index is 13.0. The standard InChI is InChI=1S/C16H20F3N5O2/c17-16(18,19)10-22-13(25)9-23-11-24(12-2-1-5-21-8-12)15(14(23)26)3-6-20-7-4-15/h1-2,5,8,20H,3-4,6-7,9-11H2,(H,22,25). The van der Waals surface area contributed by atoms with Crippen molar-refractivity contribution >= 4 is 17.5 Å². The highest BCUT2D eigenvalue weighted by Crippen LogP contribution is 2.37. The lowest BCUT2D eigenvalue weighted by molar-refractivity contribution is -0.142. The van der Waals surface area contributed by atoms with E-state index in [4.69, 9.17) is 0 Å². The average molecular weight is 371 g/mol. The van der Waals surface area contributed by atoms with Crippen LogP contribution in [0, 0.1) is 0 Å². The van der Waals surface area contributed by atoms with Crippen molar-refractivity contribution in [2.24, 2.45) is 0 Å². The smallest absolute Gasteiger partial charge is 0.345 e. The summed E-state index contributed by atoms with van der Waals surface area (Å²) in [6, 6.07) is 3.59. The highest BCUT2D eigenvalue weighted by atomic mass is 19.4. The van der Waals surface area contributed by atoms with Gasteiger partial charge in [-0.05, 0) is 38.1 Å². The predicted octanol–water partition coefficient (Wildman–Crippen LogP) is 0.488. The molecule has 2 fully saturated rings. The van der Waals surface area contributed by atoms with Gasteiger partial charge in [0.05, 0.1) is 18.6 Å². The van der Waals surface area contributed by atoms with Crippen molar-refractivity contribution in [3.63, 3.8) is 0 Å². The van der Waals surface area contributed by atoms with Crippen LogP contribution in [0.4, 0.5) is 18.9 Å². The summed E-state index contributed by atoms with van der Waals surface area (Å²) >= 11 is 0. The normalized spacial score (nSPS) is 19.9. The van der Waals surface area contributed by atoms with E-state index in [1.54, 1.807) is 18.5 Å². The quantitative estimate of drug-likeness (QED) is 0.806. The number of nitrogens with one attached hydrogen (secondary N) is 2. The molecule has 3 heterocycles. The van der Waals surface area contributed by atoms with Crippen LogP contribution in [0.1, 0.15) is 12.8 Å². The zero-order valence-electron chi connectivity index (χ0n) is 14.1. The van der Waals surface area contributed by atoms with E-state index >= 15 is 0 Å². The number of alkyl halides is 3. The molecule has 1 aromatic rings. The van der Waals surface area contributed by atoms with E-state index in [1.807, 2.05) is 16.3 Å². The summed E-state index contributed by atoms with van der Waals surface area (Å²) in [5.74, 6) is -1.06. The number of carbonyl (C=O) groups excluding carboxylic acids is 2. The summed E-state index contributed by atoms with van der Waals surface area (Å²) in [6.45, 7) is -0.368. The fourth-order valence-corrected chi connectivity index (χ4v) is 3.50. The van der Waals surface area contributed by atoms with E-state index in [0.717, 1.165) is 5.69 Å². The lowest BCUT2D eigenvalue weighted by Gasteiger charge is -2.39. The summed E-state index contributed by atoms with van der Waals surface area (Å²) in [7, 11) is 0. The molecule has 7 nitrogen and oxygen atoms in total. The van der Waals surface area contributed by atoms with Crippen molar-refractivity contribution in [1.82, 2.24) is 20.5 Å². The number of piperidine rings is 1. The molecule has 0 aliphatic carbocycles. The third kappa shape index (κ3) is 3.74. The fraction of sp³-hybridized carbons (Fsp3) is 0.562. The molecular weight excluding hydrogens is 351 g/mol. The van der Waals surface area contributed by atoms with Crippen molar-refractivity contribution < 1.29 is 22.8 Å². The van der Waals surface area contributed by atoms with Gasteiger partial charge < -0.3 is 20.4 Å². The summed E-state index contributed by atoms with van der Waals surface area (Å²) in [5.41, 5.74) is -0.0422. The second-order valence-corrected chi connectivity index (χ2v) is 6.46. The van der Waals surface area contributed by atoms with E-state index in [-0.39, 0.29) is 12.6 Å². The van der Waals surface area contributed by atoms with Crippen LogP contribution < -0.4 is 15.5 Å². The second kappa shape index (κ2) is 7.10. The monoisotopic (exact) mass is 371 g/mol. The Hall–Kier alpha value is -2.36.